The van der Waals surface area contributed by atoms with Gasteiger partial charge in [0, 0.05) is 5.69 Å². The van der Waals surface area contributed by atoms with Crippen LogP contribution < -0.4 is 16.0 Å². The molecule has 5 amide bonds. The van der Waals surface area contributed by atoms with Gasteiger partial charge in [-0.1, -0.05) is 12.1 Å². The Hall–Kier alpha value is -3.96. The maximum absolute atomic E-state index is 13.8. The first-order valence-electron chi connectivity index (χ1n) is 10.6. The Morgan fingerprint density at radius 1 is 1.11 bits per heavy atom. The SMILES string of the molecule is CC1(C2CC2)NC(=O)N(CC(=O)Nc2ccc(NC(=O)c3ccccc3F)cc2C(F)(F)F)C1=O. The highest BCUT2D eigenvalue weighted by atomic mass is 19.4. The van der Waals surface area contributed by atoms with E-state index in [1.807, 2.05) is 0 Å². The van der Waals surface area contributed by atoms with Crippen LogP contribution in [0.5, 0.6) is 0 Å². The van der Waals surface area contributed by atoms with Crippen LogP contribution in [0.15, 0.2) is 42.5 Å². The quantitative estimate of drug-likeness (QED) is 0.422. The third kappa shape index (κ3) is 4.81. The molecule has 1 atom stereocenters. The van der Waals surface area contributed by atoms with Gasteiger partial charge in [0.25, 0.3) is 11.8 Å². The van der Waals surface area contributed by atoms with Gasteiger partial charge in [-0.05, 0) is 56.0 Å². The minimum Gasteiger partial charge on any atom is -0.324 e. The number of alkyl halides is 3. The molecule has 35 heavy (non-hydrogen) atoms. The van der Waals surface area contributed by atoms with E-state index >= 15 is 0 Å². The molecule has 1 heterocycles. The Morgan fingerprint density at radius 3 is 2.43 bits per heavy atom. The lowest BCUT2D eigenvalue weighted by atomic mass is 9.96. The van der Waals surface area contributed by atoms with E-state index in [0.29, 0.717) is 11.0 Å². The van der Waals surface area contributed by atoms with Crippen molar-refractivity contribution in [3.8, 4) is 0 Å². The summed E-state index contributed by atoms with van der Waals surface area (Å²) >= 11 is 0. The van der Waals surface area contributed by atoms with Gasteiger partial charge in [0.2, 0.25) is 5.91 Å². The van der Waals surface area contributed by atoms with Crippen molar-refractivity contribution in [2.24, 2.45) is 5.92 Å². The number of nitrogens with zero attached hydrogens (tertiary/aromatic N) is 1. The van der Waals surface area contributed by atoms with E-state index in [1.54, 1.807) is 6.92 Å². The number of nitrogens with one attached hydrogen (secondary N) is 3. The highest BCUT2D eigenvalue weighted by Gasteiger charge is 2.56. The summed E-state index contributed by atoms with van der Waals surface area (Å²) in [7, 11) is 0. The fourth-order valence-electron chi connectivity index (χ4n) is 3.94. The highest BCUT2D eigenvalue weighted by Crippen LogP contribution is 2.42. The number of anilines is 2. The Morgan fingerprint density at radius 2 is 1.80 bits per heavy atom. The molecule has 0 bridgehead atoms. The zero-order chi connectivity index (χ0) is 25.5. The van der Waals surface area contributed by atoms with Gasteiger partial charge in [-0.2, -0.15) is 13.2 Å². The topological polar surface area (TPSA) is 108 Å². The molecule has 3 N–H and O–H groups in total. The first-order chi connectivity index (χ1) is 16.4. The summed E-state index contributed by atoms with van der Waals surface area (Å²) in [6.45, 7) is 0.787. The largest absolute Gasteiger partial charge is 0.418 e. The van der Waals surface area contributed by atoms with Gasteiger partial charge in [0.15, 0.2) is 0 Å². The number of rotatable bonds is 6. The second kappa shape index (κ2) is 8.67. The number of hydrogen-bond donors (Lipinski definition) is 3. The highest BCUT2D eigenvalue weighted by molar-refractivity contribution is 6.10. The number of urea groups is 1. The molecule has 4 rings (SSSR count). The van der Waals surface area contributed by atoms with E-state index in [2.05, 4.69) is 16.0 Å². The number of hydrogen-bond acceptors (Lipinski definition) is 4. The van der Waals surface area contributed by atoms with Crippen molar-refractivity contribution in [2.75, 3.05) is 17.2 Å². The van der Waals surface area contributed by atoms with E-state index in [4.69, 9.17) is 0 Å². The van der Waals surface area contributed by atoms with E-state index in [-0.39, 0.29) is 17.2 Å². The first kappa shape index (κ1) is 24.2. The molecule has 8 nitrogen and oxygen atoms in total. The molecule has 0 radical (unpaired) electrons. The van der Waals surface area contributed by atoms with Gasteiger partial charge in [0.05, 0.1) is 16.8 Å². The molecule has 184 valence electrons. The van der Waals surface area contributed by atoms with Crippen LogP contribution in [0.3, 0.4) is 0 Å². The molecule has 2 aromatic rings. The van der Waals surface area contributed by atoms with Crippen molar-refractivity contribution >= 4 is 35.1 Å². The van der Waals surface area contributed by atoms with Crippen LogP contribution in [-0.2, 0) is 15.8 Å². The lowest BCUT2D eigenvalue weighted by Gasteiger charge is -2.21. The van der Waals surface area contributed by atoms with Crippen molar-refractivity contribution in [1.29, 1.82) is 0 Å². The van der Waals surface area contributed by atoms with E-state index in [0.717, 1.165) is 31.0 Å². The van der Waals surface area contributed by atoms with Crippen LogP contribution >= 0.6 is 0 Å². The molecular formula is C23H20F4N4O4. The van der Waals surface area contributed by atoms with Gasteiger partial charge in [-0.15, -0.1) is 0 Å². The number of imide groups is 1. The summed E-state index contributed by atoms with van der Waals surface area (Å²) in [5, 5.41) is 6.81. The fourth-order valence-corrected chi connectivity index (χ4v) is 3.94. The Kier molecular flexibility index (Phi) is 5.99. The molecule has 1 unspecified atom stereocenters. The summed E-state index contributed by atoms with van der Waals surface area (Å²) in [6, 6.07) is 6.78. The number of carbonyl (C=O) groups excluding carboxylic acids is 4. The molecule has 1 saturated carbocycles. The molecular weight excluding hydrogens is 472 g/mol. The lowest BCUT2D eigenvalue weighted by Crippen LogP contribution is -2.46. The molecule has 1 aliphatic carbocycles. The fraction of sp³-hybridized carbons (Fsp3) is 0.304. The predicted molar refractivity (Wildman–Crippen MR) is 116 cm³/mol. The van der Waals surface area contributed by atoms with E-state index in [1.165, 1.54) is 18.2 Å². The average Bonchev–Trinajstić information content (AvgIpc) is 3.60. The summed E-state index contributed by atoms with van der Waals surface area (Å²) in [5.74, 6) is -3.46. The third-order valence-electron chi connectivity index (χ3n) is 5.97. The van der Waals surface area contributed by atoms with Gasteiger partial charge in [0.1, 0.15) is 17.9 Å². The molecule has 2 aliphatic rings. The second-order valence-electron chi connectivity index (χ2n) is 8.54. The molecule has 2 fully saturated rings. The minimum atomic E-state index is -4.92. The van der Waals surface area contributed by atoms with Crippen LogP contribution in [0, 0.1) is 11.7 Å². The van der Waals surface area contributed by atoms with Gasteiger partial charge >= 0.3 is 12.2 Å². The zero-order valence-corrected chi connectivity index (χ0v) is 18.3. The smallest absolute Gasteiger partial charge is 0.324 e. The van der Waals surface area contributed by atoms with Crippen LogP contribution in [-0.4, -0.2) is 40.7 Å². The Bertz CT molecular complexity index is 1230. The molecule has 0 aromatic heterocycles. The number of amides is 5. The maximum Gasteiger partial charge on any atom is 0.418 e. The van der Waals surface area contributed by atoms with Gasteiger partial charge in [-0.3, -0.25) is 19.3 Å². The van der Waals surface area contributed by atoms with E-state index < -0.39 is 59.1 Å². The van der Waals surface area contributed by atoms with Crippen molar-refractivity contribution in [2.45, 2.75) is 31.5 Å². The Balaban J connectivity index is 1.50. The number of carbonyl (C=O) groups is 4. The van der Waals surface area contributed by atoms with Crippen molar-refractivity contribution < 1.29 is 36.7 Å². The summed E-state index contributed by atoms with van der Waals surface area (Å²) in [5.41, 5.74) is -3.68. The number of benzene rings is 2. The Labute approximate surface area is 196 Å². The van der Waals surface area contributed by atoms with E-state index in [9.17, 15) is 36.7 Å². The van der Waals surface area contributed by atoms with Gasteiger partial charge in [-0.25, -0.2) is 9.18 Å². The van der Waals surface area contributed by atoms with Crippen molar-refractivity contribution in [3.63, 3.8) is 0 Å². The lowest BCUT2D eigenvalue weighted by molar-refractivity contribution is -0.137. The predicted octanol–water partition coefficient (Wildman–Crippen LogP) is 3.76. The summed E-state index contributed by atoms with van der Waals surface area (Å²) in [4.78, 5) is 50.2. The first-order valence-corrected chi connectivity index (χ1v) is 10.6. The standard InChI is InChI=1S/C23H20F4N4O4/c1-22(12-6-7-12)20(34)31(21(35)30-22)11-18(32)29-17-9-8-13(10-15(17)23(25,26)27)28-19(33)14-4-2-3-5-16(14)24/h2-5,8-10,12H,6-7,11H2,1H3,(H,28,33)(H,29,32)(H,30,35). The minimum absolute atomic E-state index is 0.0454. The van der Waals surface area contributed by atoms with Crippen LogP contribution in [0.25, 0.3) is 0 Å². The number of halogens is 4. The molecule has 1 saturated heterocycles. The normalized spacial score (nSPS) is 20.0. The van der Waals surface area contributed by atoms with Gasteiger partial charge < -0.3 is 16.0 Å². The third-order valence-corrected chi connectivity index (χ3v) is 5.97. The summed E-state index contributed by atoms with van der Waals surface area (Å²) < 4.78 is 54.8. The summed E-state index contributed by atoms with van der Waals surface area (Å²) in [6.07, 6.45) is -3.43. The van der Waals surface area contributed by atoms with Crippen LogP contribution in [0.1, 0.15) is 35.7 Å². The molecule has 1 aliphatic heterocycles. The molecule has 0 spiro atoms. The van der Waals surface area contributed by atoms with Crippen LogP contribution in [0.4, 0.5) is 33.7 Å². The van der Waals surface area contributed by atoms with Crippen LogP contribution in [0.2, 0.25) is 0 Å². The molecule has 2 aromatic carbocycles. The molecule has 12 heteroatoms. The van der Waals surface area contributed by atoms with Crippen molar-refractivity contribution in [1.82, 2.24) is 10.2 Å². The maximum atomic E-state index is 13.8. The monoisotopic (exact) mass is 492 g/mol. The second-order valence-corrected chi connectivity index (χ2v) is 8.54. The van der Waals surface area contributed by atoms with Crippen molar-refractivity contribution in [3.05, 3.63) is 59.4 Å². The zero-order valence-electron chi connectivity index (χ0n) is 18.3. The average molecular weight is 492 g/mol.